The summed E-state index contributed by atoms with van der Waals surface area (Å²) >= 11 is -1.36. The summed E-state index contributed by atoms with van der Waals surface area (Å²) in [6.07, 6.45) is 6.08. The molecule has 0 aliphatic carbocycles. The van der Waals surface area contributed by atoms with E-state index in [2.05, 4.69) is 56.6 Å². The highest BCUT2D eigenvalue weighted by Gasteiger charge is 2.40. The summed E-state index contributed by atoms with van der Waals surface area (Å²) in [5, 5.41) is 14.1. The number of ether oxygens (including phenoxy) is 3. The molecule has 8 rings (SSSR count). The van der Waals surface area contributed by atoms with E-state index in [1.807, 2.05) is 42.5 Å². The summed E-state index contributed by atoms with van der Waals surface area (Å²) in [6, 6.07) is 23.4. The predicted octanol–water partition coefficient (Wildman–Crippen LogP) is 8.40. The van der Waals surface area contributed by atoms with Crippen LogP contribution < -0.4 is 40.2 Å². The molecule has 13 nitrogen and oxygen atoms in total. The Morgan fingerprint density at radius 3 is 2.21 bits per heavy atom. The lowest BCUT2D eigenvalue weighted by atomic mass is 9.80. The fourth-order valence-electron chi connectivity index (χ4n) is 7.45. The molecule has 14 heteroatoms. The maximum atomic E-state index is 13.5. The molecule has 0 radical (unpaired) electrons. The van der Waals surface area contributed by atoms with Gasteiger partial charge >= 0.3 is 6.03 Å². The van der Waals surface area contributed by atoms with Crippen LogP contribution >= 0.6 is 0 Å². The van der Waals surface area contributed by atoms with Crippen LogP contribution in [0.5, 0.6) is 23.0 Å². The van der Waals surface area contributed by atoms with E-state index in [4.69, 9.17) is 14.2 Å². The molecule has 3 saturated heterocycles. The van der Waals surface area contributed by atoms with E-state index in [0.29, 0.717) is 57.1 Å². The van der Waals surface area contributed by atoms with Gasteiger partial charge in [0, 0.05) is 60.0 Å². The number of piperidine rings is 3. The molecule has 4 heterocycles. The van der Waals surface area contributed by atoms with Crippen molar-refractivity contribution in [3.8, 4) is 23.0 Å². The topological polar surface area (TPSA) is 161 Å². The van der Waals surface area contributed by atoms with Gasteiger partial charge in [0.15, 0.2) is 5.75 Å². The maximum Gasteiger partial charge on any atom is 0.323 e. The molecule has 1 aromatic heterocycles. The summed E-state index contributed by atoms with van der Waals surface area (Å²) in [7, 11) is 3.06. The summed E-state index contributed by atoms with van der Waals surface area (Å²) in [5.41, 5.74) is 3.22. The SMILES string of the molecule is COc1cc(Nc2cc(Oc3ccc(NC(=O)Nc4cc(C(C)(C)C)cc(N[S+](C)[O-])c4OC)c4ccccc34)ccn2)ccc1C(=O)NC12CCN(CC1)CC2. The van der Waals surface area contributed by atoms with Crippen LogP contribution in [0.4, 0.5) is 33.4 Å². The summed E-state index contributed by atoms with van der Waals surface area (Å²) in [4.78, 5) is 33.9. The van der Waals surface area contributed by atoms with Crippen molar-refractivity contribution >= 4 is 62.6 Å². The second-order valence-electron chi connectivity index (χ2n) is 15.5. The Morgan fingerprint density at radius 1 is 0.825 bits per heavy atom. The van der Waals surface area contributed by atoms with Gasteiger partial charge in [-0.25, -0.2) is 14.5 Å². The molecule has 3 aliphatic rings. The van der Waals surface area contributed by atoms with Crippen LogP contribution in [0.3, 0.4) is 0 Å². The Balaban J connectivity index is 1.06. The first-order chi connectivity index (χ1) is 27.3. The number of carbonyl (C=O) groups is 2. The molecule has 1 unspecified atom stereocenters. The zero-order chi connectivity index (χ0) is 40.3. The highest BCUT2D eigenvalue weighted by Crippen LogP contribution is 2.40. The number of fused-ring (bicyclic) bond motifs is 4. The van der Waals surface area contributed by atoms with Crippen molar-refractivity contribution < 1.29 is 28.4 Å². The van der Waals surface area contributed by atoms with Gasteiger partial charge in [-0.1, -0.05) is 45.0 Å². The third-order valence-electron chi connectivity index (χ3n) is 10.6. The van der Waals surface area contributed by atoms with Crippen molar-refractivity contribution in [2.75, 3.05) is 60.8 Å². The molecule has 1 atom stereocenters. The summed E-state index contributed by atoms with van der Waals surface area (Å²) < 4.78 is 32.7. The number of anilines is 5. The lowest BCUT2D eigenvalue weighted by Gasteiger charge is -2.48. The second-order valence-corrected chi connectivity index (χ2v) is 16.6. The molecule has 0 saturated carbocycles. The molecule has 5 aromatic rings. The second kappa shape index (κ2) is 16.4. The summed E-state index contributed by atoms with van der Waals surface area (Å²) in [5.74, 6) is 2.37. The minimum Gasteiger partial charge on any atom is -0.593 e. The molecule has 4 aromatic carbocycles. The molecule has 3 amide bonds. The number of amides is 3. The number of methoxy groups -OCH3 is 2. The Labute approximate surface area is 336 Å². The van der Waals surface area contributed by atoms with Gasteiger partial charge < -0.3 is 44.9 Å². The lowest BCUT2D eigenvalue weighted by Crippen LogP contribution is -2.61. The average molecular weight is 792 g/mol. The number of hydrogen-bond acceptors (Lipinski definition) is 10. The first-order valence-corrected chi connectivity index (χ1v) is 20.4. The maximum absolute atomic E-state index is 13.5. The fourth-order valence-corrected chi connectivity index (χ4v) is 7.91. The van der Waals surface area contributed by atoms with Gasteiger partial charge in [0.05, 0.1) is 42.5 Å². The number of nitrogens with one attached hydrogen (secondary N) is 5. The molecule has 298 valence electrons. The largest absolute Gasteiger partial charge is 0.593 e. The van der Waals surface area contributed by atoms with E-state index in [1.165, 1.54) is 13.4 Å². The van der Waals surface area contributed by atoms with E-state index in [-0.39, 0.29) is 16.9 Å². The van der Waals surface area contributed by atoms with Crippen molar-refractivity contribution in [2.45, 2.75) is 51.0 Å². The van der Waals surface area contributed by atoms with Crippen molar-refractivity contribution in [1.29, 1.82) is 0 Å². The normalized spacial score (nSPS) is 18.0. The number of carbonyl (C=O) groups excluding carboxylic acids is 2. The number of benzene rings is 4. The van der Waals surface area contributed by atoms with Crippen LogP contribution in [0.15, 0.2) is 85.1 Å². The number of pyridine rings is 1. The first kappa shape index (κ1) is 39.5. The smallest absolute Gasteiger partial charge is 0.323 e. The van der Waals surface area contributed by atoms with Crippen LogP contribution in [0.1, 0.15) is 56.0 Å². The van der Waals surface area contributed by atoms with E-state index in [1.54, 1.807) is 49.7 Å². The minimum absolute atomic E-state index is 0.124. The molecule has 3 aliphatic heterocycles. The number of rotatable bonds is 12. The number of aromatic nitrogens is 1. The first-order valence-electron chi connectivity index (χ1n) is 18.9. The zero-order valence-corrected chi connectivity index (χ0v) is 33.9. The van der Waals surface area contributed by atoms with Crippen LogP contribution in [0, 0.1) is 0 Å². The average Bonchev–Trinajstić information content (AvgIpc) is 3.18. The van der Waals surface area contributed by atoms with E-state index >= 15 is 0 Å². The molecule has 5 N–H and O–H groups in total. The molecular formula is C43H49N7O6S. The van der Waals surface area contributed by atoms with Crippen molar-refractivity contribution in [3.63, 3.8) is 0 Å². The third kappa shape index (κ3) is 8.98. The Morgan fingerprint density at radius 2 is 1.53 bits per heavy atom. The quantitative estimate of drug-likeness (QED) is 0.0777. The Bertz CT molecular complexity index is 2270. The van der Waals surface area contributed by atoms with Crippen LogP contribution in [-0.4, -0.2) is 72.0 Å². The molecule has 0 spiro atoms. The molecular weight excluding hydrogens is 743 g/mol. The fraction of sp³-hybridized carbons (Fsp3) is 0.326. The van der Waals surface area contributed by atoms with Crippen LogP contribution in [0.2, 0.25) is 0 Å². The Kier molecular flexibility index (Phi) is 11.4. The standard InChI is InChI=1S/C43H49N7O6S/c1-42(2,3)27-23-34(39(55-5)35(24-27)49-57(6)53)47-41(52)46-33-13-14-36(31-10-8-7-9-30(31)33)56-29-15-19-44-38(26-29)45-28-11-12-32(37(25-28)54-4)40(51)48-43-16-20-50(21-17-43)22-18-43/h7-15,19,23-26,49H,16-18,20-22H2,1-6H3,(H,44,45)(H,48,51)(H2,46,47,52). The highest BCUT2D eigenvalue weighted by molar-refractivity contribution is 7.92. The predicted molar refractivity (Wildman–Crippen MR) is 227 cm³/mol. The van der Waals surface area contributed by atoms with Gasteiger partial charge in [0.25, 0.3) is 5.91 Å². The minimum atomic E-state index is -1.36. The zero-order valence-electron chi connectivity index (χ0n) is 33.1. The van der Waals surface area contributed by atoms with E-state index < -0.39 is 17.4 Å². The molecule has 2 bridgehead atoms. The lowest BCUT2D eigenvalue weighted by molar-refractivity contribution is 0.0514. The van der Waals surface area contributed by atoms with Crippen LogP contribution in [-0.2, 0) is 16.8 Å². The van der Waals surface area contributed by atoms with Crippen molar-refractivity contribution in [1.82, 2.24) is 15.2 Å². The number of hydrogen-bond donors (Lipinski definition) is 5. The summed E-state index contributed by atoms with van der Waals surface area (Å²) in [6.45, 7) is 9.22. The van der Waals surface area contributed by atoms with Crippen molar-refractivity contribution in [2.24, 2.45) is 0 Å². The highest BCUT2D eigenvalue weighted by atomic mass is 32.2. The van der Waals surface area contributed by atoms with Gasteiger partial charge in [-0.3, -0.25) is 4.79 Å². The Hall–Kier alpha value is -5.70. The molecule has 3 fully saturated rings. The van der Waals surface area contributed by atoms with Gasteiger partial charge in [-0.05, 0) is 72.7 Å². The monoisotopic (exact) mass is 791 g/mol. The van der Waals surface area contributed by atoms with E-state index in [0.717, 1.165) is 55.2 Å². The van der Waals surface area contributed by atoms with Gasteiger partial charge in [-0.2, -0.15) is 0 Å². The van der Waals surface area contributed by atoms with Crippen molar-refractivity contribution in [3.05, 3.63) is 96.2 Å². The van der Waals surface area contributed by atoms with Gasteiger partial charge in [0.1, 0.15) is 35.0 Å². The van der Waals surface area contributed by atoms with Crippen LogP contribution in [0.25, 0.3) is 10.8 Å². The molecule has 57 heavy (non-hydrogen) atoms. The van der Waals surface area contributed by atoms with Gasteiger partial charge in [0.2, 0.25) is 0 Å². The number of nitrogens with zero attached hydrogens (tertiary/aromatic N) is 2. The van der Waals surface area contributed by atoms with Gasteiger partial charge in [-0.15, -0.1) is 0 Å². The number of urea groups is 1. The van der Waals surface area contributed by atoms with E-state index in [9.17, 15) is 14.1 Å². The third-order valence-corrected chi connectivity index (χ3v) is 11.1.